The van der Waals surface area contributed by atoms with Crippen molar-refractivity contribution >= 4 is 6.29 Å². The molecule has 0 amide bonds. The molecule has 0 saturated carbocycles. The van der Waals surface area contributed by atoms with Crippen molar-refractivity contribution in [2.24, 2.45) is 0 Å². The number of halogens is 3. The van der Waals surface area contributed by atoms with Crippen molar-refractivity contribution in [3.8, 4) is 5.75 Å². The fourth-order valence-electron chi connectivity index (χ4n) is 1.26. The number of hydrogen-bond acceptors (Lipinski definition) is 3. The van der Waals surface area contributed by atoms with Crippen LogP contribution in [0.4, 0.5) is 13.2 Å². The van der Waals surface area contributed by atoms with Crippen LogP contribution in [0.15, 0.2) is 18.2 Å². The number of carbonyl (C=O) groups is 1. The van der Waals surface area contributed by atoms with E-state index >= 15 is 0 Å². The molecule has 0 heterocycles. The molecule has 0 aromatic heterocycles. The van der Waals surface area contributed by atoms with Gasteiger partial charge in [-0.25, -0.2) is 0 Å². The molecule has 0 N–H and O–H groups in total. The normalized spacial score (nSPS) is 11.3. The van der Waals surface area contributed by atoms with Crippen molar-refractivity contribution in [2.45, 2.75) is 6.18 Å². The van der Waals surface area contributed by atoms with Crippen LogP contribution in [0.2, 0.25) is 0 Å². The molecule has 0 aliphatic heterocycles. The average Bonchev–Trinajstić information content (AvgIpc) is 2.28. The molecule has 1 rings (SSSR count). The first-order valence-corrected chi connectivity index (χ1v) is 4.78. The second-order valence-electron chi connectivity index (χ2n) is 3.18. The molecule has 0 atom stereocenters. The smallest absolute Gasteiger partial charge is 0.419 e. The lowest BCUT2D eigenvalue weighted by atomic mass is 10.1. The molecule has 0 unspecified atom stereocenters. The third-order valence-corrected chi connectivity index (χ3v) is 2.01. The molecule has 0 bridgehead atoms. The number of para-hydroxylation sites is 1. The largest absolute Gasteiger partial charge is 0.490 e. The molecule has 1 aromatic rings. The summed E-state index contributed by atoms with van der Waals surface area (Å²) < 4.78 is 47.6. The average molecular weight is 248 g/mol. The van der Waals surface area contributed by atoms with Crippen LogP contribution in [-0.4, -0.2) is 26.6 Å². The molecule has 1 aromatic carbocycles. The van der Waals surface area contributed by atoms with Crippen LogP contribution >= 0.6 is 0 Å². The molecular formula is C11H11F3O3. The fourth-order valence-corrected chi connectivity index (χ4v) is 1.26. The van der Waals surface area contributed by atoms with Gasteiger partial charge in [-0.15, -0.1) is 0 Å². The van der Waals surface area contributed by atoms with E-state index in [9.17, 15) is 18.0 Å². The zero-order valence-electron chi connectivity index (χ0n) is 9.08. The summed E-state index contributed by atoms with van der Waals surface area (Å²) in [7, 11) is 1.40. The fraction of sp³-hybridized carbons (Fsp3) is 0.364. The van der Waals surface area contributed by atoms with E-state index in [4.69, 9.17) is 4.74 Å². The standard InChI is InChI=1S/C11H11F3O3/c1-16-5-6-17-10-8(7-15)3-2-4-9(10)11(12,13)14/h2-4,7H,5-6H2,1H3. The Morgan fingerprint density at radius 3 is 2.53 bits per heavy atom. The van der Waals surface area contributed by atoms with E-state index in [0.717, 1.165) is 12.1 Å². The second-order valence-corrected chi connectivity index (χ2v) is 3.18. The number of aldehydes is 1. The van der Waals surface area contributed by atoms with E-state index in [-0.39, 0.29) is 18.8 Å². The minimum Gasteiger partial charge on any atom is -0.490 e. The lowest BCUT2D eigenvalue weighted by molar-refractivity contribution is -0.139. The molecule has 0 saturated heterocycles. The van der Waals surface area contributed by atoms with Crippen LogP contribution in [0.25, 0.3) is 0 Å². The van der Waals surface area contributed by atoms with Crippen molar-refractivity contribution in [1.29, 1.82) is 0 Å². The molecule has 3 nitrogen and oxygen atoms in total. The summed E-state index contributed by atoms with van der Waals surface area (Å²) in [6.45, 7) is 0.0922. The summed E-state index contributed by atoms with van der Waals surface area (Å²) in [6.07, 6.45) is -4.22. The first-order chi connectivity index (χ1) is 8.00. The van der Waals surface area contributed by atoms with E-state index in [0.29, 0.717) is 6.29 Å². The predicted molar refractivity (Wildman–Crippen MR) is 54.2 cm³/mol. The molecule has 94 valence electrons. The highest BCUT2D eigenvalue weighted by Gasteiger charge is 2.35. The van der Waals surface area contributed by atoms with Crippen molar-refractivity contribution in [3.63, 3.8) is 0 Å². The topological polar surface area (TPSA) is 35.5 Å². The molecular weight excluding hydrogens is 237 g/mol. The number of hydrogen-bond donors (Lipinski definition) is 0. The van der Waals surface area contributed by atoms with Gasteiger partial charge in [-0.1, -0.05) is 6.07 Å². The lowest BCUT2D eigenvalue weighted by Crippen LogP contribution is -2.13. The van der Waals surface area contributed by atoms with Crippen molar-refractivity contribution in [2.75, 3.05) is 20.3 Å². The number of benzene rings is 1. The van der Waals surface area contributed by atoms with E-state index in [1.807, 2.05) is 0 Å². The molecule has 0 spiro atoms. The third-order valence-electron chi connectivity index (χ3n) is 2.01. The van der Waals surface area contributed by atoms with Gasteiger partial charge in [0.15, 0.2) is 6.29 Å². The Labute approximate surface area is 96.1 Å². The number of methoxy groups -OCH3 is 1. The zero-order valence-corrected chi connectivity index (χ0v) is 9.08. The highest BCUT2D eigenvalue weighted by Crippen LogP contribution is 2.37. The monoisotopic (exact) mass is 248 g/mol. The van der Waals surface area contributed by atoms with E-state index in [2.05, 4.69) is 4.74 Å². The molecule has 17 heavy (non-hydrogen) atoms. The van der Waals surface area contributed by atoms with Crippen LogP contribution in [0.3, 0.4) is 0 Å². The second kappa shape index (κ2) is 5.67. The summed E-state index contributed by atoms with van der Waals surface area (Å²) >= 11 is 0. The Bertz CT molecular complexity index is 388. The zero-order chi connectivity index (χ0) is 12.9. The van der Waals surface area contributed by atoms with E-state index in [1.165, 1.54) is 13.2 Å². The number of alkyl halides is 3. The number of carbonyl (C=O) groups excluding carboxylic acids is 1. The van der Waals surface area contributed by atoms with Crippen LogP contribution in [0.5, 0.6) is 5.75 Å². The number of rotatable bonds is 5. The summed E-state index contributed by atoms with van der Waals surface area (Å²) in [5.41, 5.74) is -1.09. The van der Waals surface area contributed by atoms with E-state index < -0.39 is 17.5 Å². The predicted octanol–water partition coefficient (Wildman–Crippen LogP) is 2.54. The van der Waals surface area contributed by atoms with Gasteiger partial charge in [0.2, 0.25) is 0 Å². The van der Waals surface area contributed by atoms with Gasteiger partial charge in [0.1, 0.15) is 12.4 Å². The van der Waals surface area contributed by atoms with Gasteiger partial charge in [-0.2, -0.15) is 13.2 Å². The van der Waals surface area contributed by atoms with Gasteiger partial charge >= 0.3 is 6.18 Å². The summed E-state index contributed by atoms with van der Waals surface area (Å²) in [6, 6.07) is 3.30. The molecule has 0 aliphatic carbocycles. The summed E-state index contributed by atoms with van der Waals surface area (Å²) in [5, 5.41) is 0. The van der Waals surface area contributed by atoms with Crippen molar-refractivity contribution in [1.82, 2.24) is 0 Å². The first-order valence-electron chi connectivity index (χ1n) is 4.78. The first kappa shape index (κ1) is 13.5. The lowest BCUT2D eigenvalue weighted by Gasteiger charge is -2.15. The van der Waals surface area contributed by atoms with Gasteiger partial charge in [-0.05, 0) is 12.1 Å². The van der Waals surface area contributed by atoms with Crippen LogP contribution in [0, 0.1) is 0 Å². The third kappa shape index (κ3) is 3.45. The van der Waals surface area contributed by atoms with Crippen molar-refractivity contribution in [3.05, 3.63) is 29.3 Å². The van der Waals surface area contributed by atoms with Gasteiger partial charge in [0, 0.05) is 7.11 Å². The highest BCUT2D eigenvalue weighted by molar-refractivity contribution is 5.80. The minimum atomic E-state index is -4.55. The quantitative estimate of drug-likeness (QED) is 0.593. The molecule has 0 fully saturated rings. The van der Waals surface area contributed by atoms with Gasteiger partial charge < -0.3 is 9.47 Å². The SMILES string of the molecule is COCCOc1c(C=O)cccc1C(F)(F)F. The Morgan fingerprint density at radius 1 is 1.29 bits per heavy atom. The van der Waals surface area contributed by atoms with Gasteiger partial charge in [0.05, 0.1) is 17.7 Å². The Kier molecular flexibility index (Phi) is 4.51. The van der Waals surface area contributed by atoms with Crippen LogP contribution in [0.1, 0.15) is 15.9 Å². The maximum Gasteiger partial charge on any atom is 0.419 e. The highest BCUT2D eigenvalue weighted by atomic mass is 19.4. The summed E-state index contributed by atoms with van der Waals surface area (Å²) in [5.74, 6) is -0.452. The van der Waals surface area contributed by atoms with Crippen LogP contribution in [-0.2, 0) is 10.9 Å². The molecule has 0 aliphatic rings. The maximum absolute atomic E-state index is 12.6. The summed E-state index contributed by atoms with van der Waals surface area (Å²) in [4.78, 5) is 10.7. The Morgan fingerprint density at radius 2 is 2.00 bits per heavy atom. The van der Waals surface area contributed by atoms with Gasteiger partial charge in [0.25, 0.3) is 0 Å². The Hall–Kier alpha value is -1.56. The maximum atomic E-state index is 12.6. The van der Waals surface area contributed by atoms with E-state index in [1.54, 1.807) is 0 Å². The Balaban J connectivity index is 3.07. The molecule has 0 radical (unpaired) electrons. The minimum absolute atomic E-state index is 0.0512. The number of ether oxygens (including phenoxy) is 2. The molecule has 6 heteroatoms. The van der Waals surface area contributed by atoms with Crippen molar-refractivity contribution < 1.29 is 27.4 Å². The van der Waals surface area contributed by atoms with Crippen LogP contribution < -0.4 is 4.74 Å². The van der Waals surface area contributed by atoms with Gasteiger partial charge in [-0.3, -0.25) is 4.79 Å².